The van der Waals surface area contributed by atoms with Crippen LogP contribution < -0.4 is 10.1 Å². The van der Waals surface area contributed by atoms with Crippen molar-refractivity contribution in [2.75, 3.05) is 12.4 Å². The summed E-state index contributed by atoms with van der Waals surface area (Å²) >= 11 is 5.88. The number of rotatable bonds is 6. The Morgan fingerprint density at radius 2 is 1.86 bits per heavy atom. The highest BCUT2D eigenvalue weighted by Gasteiger charge is 2.21. The third-order valence-electron chi connectivity index (χ3n) is 4.10. The molecule has 0 aliphatic heterocycles. The second-order valence-corrected chi connectivity index (χ2v) is 6.84. The topological polar surface area (TPSA) is 80.5 Å². The van der Waals surface area contributed by atoms with Crippen LogP contribution in [0.2, 0.25) is 5.02 Å². The number of methoxy groups -OCH3 is 1. The number of halogens is 1. The number of nitrogens with one attached hydrogen (secondary N) is 1. The van der Waals surface area contributed by atoms with Gasteiger partial charge >= 0.3 is 6.03 Å². The SMILES string of the molecule is COc1ccc(-c2noc(CN(C(=O)Nc3ccc(Cl)cc3)C(C)C)n2)cc1. The summed E-state index contributed by atoms with van der Waals surface area (Å²) in [6.45, 7) is 4.03. The second kappa shape index (κ2) is 8.75. The lowest BCUT2D eigenvalue weighted by molar-refractivity contribution is 0.182. The van der Waals surface area contributed by atoms with Gasteiger partial charge in [0.15, 0.2) is 0 Å². The minimum atomic E-state index is -0.262. The maximum Gasteiger partial charge on any atom is 0.322 e. The average molecular weight is 401 g/mol. The van der Waals surface area contributed by atoms with Crippen LogP contribution in [0.1, 0.15) is 19.7 Å². The summed E-state index contributed by atoms with van der Waals surface area (Å²) in [5.41, 5.74) is 1.46. The molecule has 3 rings (SSSR count). The highest BCUT2D eigenvalue weighted by atomic mass is 35.5. The van der Waals surface area contributed by atoms with Crippen LogP contribution >= 0.6 is 11.6 Å². The smallest absolute Gasteiger partial charge is 0.322 e. The Hall–Kier alpha value is -3.06. The van der Waals surface area contributed by atoms with E-state index >= 15 is 0 Å². The fourth-order valence-corrected chi connectivity index (χ4v) is 2.67. The molecular formula is C20H21ClN4O3. The lowest BCUT2D eigenvalue weighted by Crippen LogP contribution is -2.39. The predicted molar refractivity (Wildman–Crippen MR) is 107 cm³/mol. The van der Waals surface area contributed by atoms with Gasteiger partial charge in [0.2, 0.25) is 11.7 Å². The van der Waals surface area contributed by atoms with E-state index < -0.39 is 0 Å². The maximum absolute atomic E-state index is 12.7. The zero-order chi connectivity index (χ0) is 20.1. The van der Waals surface area contributed by atoms with Crippen LogP contribution in [-0.2, 0) is 6.54 Å². The number of ether oxygens (including phenoxy) is 1. The molecule has 0 aliphatic carbocycles. The molecule has 0 atom stereocenters. The van der Waals surface area contributed by atoms with Crippen molar-refractivity contribution < 1.29 is 14.1 Å². The number of hydrogen-bond acceptors (Lipinski definition) is 5. The Kier molecular flexibility index (Phi) is 6.16. The van der Waals surface area contributed by atoms with Crippen LogP contribution in [0.3, 0.4) is 0 Å². The van der Waals surface area contributed by atoms with E-state index in [1.165, 1.54) is 0 Å². The van der Waals surface area contributed by atoms with Crippen molar-refractivity contribution in [1.29, 1.82) is 0 Å². The van der Waals surface area contributed by atoms with E-state index in [0.717, 1.165) is 11.3 Å². The molecule has 0 aliphatic rings. The molecule has 0 fully saturated rings. The summed E-state index contributed by atoms with van der Waals surface area (Å²) in [6.07, 6.45) is 0. The Balaban J connectivity index is 1.71. The zero-order valence-electron chi connectivity index (χ0n) is 15.8. The molecule has 1 aromatic heterocycles. The lowest BCUT2D eigenvalue weighted by atomic mass is 10.2. The van der Waals surface area contributed by atoms with Crippen molar-refractivity contribution in [3.05, 3.63) is 59.4 Å². The van der Waals surface area contributed by atoms with Gasteiger partial charge < -0.3 is 19.5 Å². The number of amides is 2. The highest BCUT2D eigenvalue weighted by Crippen LogP contribution is 2.21. The largest absolute Gasteiger partial charge is 0.497 e. The molecule has 3 aromatic rings. The van der Waals surface area contributed by atoms with Crippen molar-refractivity contribution in [3.63, 3.8) is 0 Å². The minimum absolute atomic E-state index is 0.0661. The molecule has 0 radical (unpaired) electrons. The summed E-state index contributed by atoms with van der Waals surface area (Å²) < 4.78 is 10.5. The molecule has 2 amide bonds. The standard InChI is InChI=1S/C20H21ClN4O3/c1-13(2)25(20(26)22-16-8-6-15(21)7-9-16)12-18-23-19(24-28-18)14-4-10-17(27-3)11-5-14/h4-11,13H,12H2,1-3H3,(H,22,26). The number of urea groups is 1. The molecule has 7 nitrogen and oxygen atoms in total. The van der Waals surface area contributed by atoms with Crippen LogP contribution in [0.5, 0.6) is 5.75 Å². The van der Waals surface area contributed by atoms with E-state index in [1.807, 2.05) is 38.1 Å². The number of nitrogens with zero attached hydrogens (tertiary/aromatic N) is 3. The average Bonchev–Trinajstić information content (AvgIpc) is 3.16. The van der Waals surface area contributed by atoms with Crippen LogP contribution in [0.4, 0.5) is 10.5 Å². The molecule has 8 heteroatoms. The molecular weight excluding hydrogens is 380 g/mol. The number of anilines is 1. The molecule has 0 saturated carbocycles. The van der Waals surface area contributed by atoms with Crippen molar-refractivity contribution in [2.24, 2.45) is 0 Å². The van der Waals surface area contributed by atoms with E-state index in [1.54, 1.807) is 36.3 Å². The highest BCUT2D eigenvalue weighted by molar-refractivity contribution is 6.30. The monoisotopic (exact) mass is 400 g/mol. The quantitative estimate of drug-likeness (QED) is 0.640. The summed E-state index contributed by atoms with van der Waals surface area (Å²) in [5, 5.41) is 7.46. The summed E-state index contributed by atoms with van der Waals surface area (Å²) in [5.74, 6) is 1.56. The molecule has 0 unspecified atom stereocenters. The predicted octanol–water partition coefficient (Wildman–Crippen LogP) is 4.84. The summed E-state index contributed by atoms with van der Waals surface area (Å²) in [6, 6.07) is 13.9. The van der Waals surface area contributed by atoms with Gasteiger partial charge in [0.05, 0.1) is 7.11 Å². The first-order valence-electron chi connectivity index (χ1n) is 8.76. The first-order valence-corrected chi connectivity index (χ1v) is 9.14. The van der Waals surface area contributed by atoms with Crippen LogP contribution in [0.25, 0.3) is 11.4 Å². The van der Waals surface area contributed by atoms with Gasteiger partial charge in [0.1, 0.15) is 12.3 Å². The van der Waals surface area contributed by atoms with Gasteiger partial charge in [0, 0.05) is 22.3 Å². The third kappa shape index (κ3) is 4.80. The van der Waals surface area contributed by atoms with Crippen LogP contribution in [0, 0.1) is 0 Å². The van der Waals surface area contributed by atoms with E-state index in [2.05, 4.69) is 15.5 Å². The first-order chi connectivity index (χ1) is 13.5. The van der Waals surface area contributed by atoms with Gasteiger partial charge in [-0.1, -0.05) is 16.8 Å². The number of benzene rings is 2. The fourth-order valence-electron chi connectivity index (χ4n) is 2.54. The molecule has 1 N–H and O–H groups in total. The Morgan fingerprint density at radius 3 is 2.46 bits per heavy atom. The number of carbonyl (C=O) groups excluding carboxylic acids is 1. The van der Waals surface area contributed by atoms with E-state index in [4.69, 9.17) is 20.9 Å². The number of hydrogen-bond donors (Lipinski definition) is 1. The summed E-state index contributed by atoms with van der Waals surface area (Å²) in [7, 11) is 1.61. The van der Waals surface area contributed by atoms with Gasteiger partial charge in [0.25, 0.3) is 0 Å². The van der Waals surface area contributed by atoms with E-state index in [9.17, 15) is 4.79 Å². The van der Waals surface area contributed by atoms with Gasteiger partial charge in [-0.2, -0.15) is 4.98 Å². The molecule has 146 valence electrons. The van der Waals surface area contributed by atoms with E-state index in [0.29, 0.717) is 22.4 Å². The lowest BCUT2D eigenvalue weighted by Gasteiger charge is -2.25. The Labute approximate surface area is 168 Å². The van der Waals surface area contributed by atoms with Gasteiger partial charge in [-0.15, -0.1) is 0 Å². The molecule has 0 bridgehead atoms. The van der Waals surface area contributed by atoms with Crippen LogP contribution in [-0.4, -0.2) is 34.2 Å². The summed E-state index contributed by atoms with van der Waals surface area (Å²) in [4.78, 5) is 18.7. The zero-order valence-corrected chi connectivity index (χ0v) is 16.6. The first kappa shape index (κ1) is 19.7. The van der Waals surface area contributed by atoms with Crippen LogP contribution in [0.15, 0.2) is 53.1 Å². The second-order valence-electron chi connectivity index (χ2n) is 6.40. The molecule has 0 saturated heterocycles. The fraction of sp³-hybridized carbons (Fsp3) is 0.250. The molecule has 1 heterocycles. The third-order valence-corrected chi connectivity index (χ3v) is 4.35. The Morgan fingerprint density at radius 1 is 1.18 bits per heavy atom. The maximum atomic E-state index is 12.7. The molecule has 0 spiro atoms. The van der Waals surface area contributed by atoms with Crippen molar-refractivity contribution in [2.45, 2.75) is 26.4 Å². The van der Waals surface area contributed by atoms with E-state index in [-0.39, 0.29) is 18.6 Å². The molecule has 2 aromatic carbocycles. The number of aromatic nitrogens is 2. The molecule has 28 heavy (non-hydrogen) atoms. The van der Waals surface area contributed by atoms with Gasteiger partial charge in [-0.05, 0) is 62.4 Å². The van der Waals surface area contributed by atoms with Crippen molar-refractivity contribution in [1.82, 2.24) is 15.0 Å². The van der Waals surface area contributed by atoms with Gasteiger partial charge in [-0.25, -0.2) is 4.79 Å². The minimum Gasteiger partial charge on any atom is -0.497 e. The number of carbonyl (C=O) groups is 1. The van der Waals surface area contributed by atoms with Crippen molar-refractivity contribution >= 4 is 23.3 Å². The van der Waals surface area contributed by atoms with Gasteiger partial charge in [-0.3, -0.25) is 0 Å². The Bertz CT molecular complexity index is 923. The normalized spacial score (nSPS) is 10.8. The van der Waals surface area contributed by atoms with Crippen molar-refractivity contribution in [3.8, 4) is 17.1 Å².